The van der Waals surface area contributed by atoms with Crippen LogP contribution in [-0.2, 0) is 4.79 Å². The molecule has 1 aromatic heterocycles. The molecular weight excluding hydrogens is 206 g/mol. The number of nitrogens with one attached hydrogen (secondary N) is 1. The lowest BCUT2D eigenvalue weighted by atomic mass is 10.1. The van der Waals surface area contributed by atoms with Gasteiger partial charge in [-0.15, -0.1) is 0 Å². The zero-order chi connectivity index (χ0) is 12.1. The first kappa shape index (κ1) is 12.2. The summed E-state index contributed by atoms with van der Waals surface area (Å²) in [4.78, 5) is 21.3. The van der Waals surface area contributed by atoms with Crippen LogP contribution in [0.5, 0.6) is 0 Å². The first-order valence-electron chi connectivity index (χ1n) is 5.05. The normalized spacial score (nSPS) is 11.9. The number of hydrogen-bond donors (Lipinski definition) is 2. The Balaban J connectivity index is 2.61. The number of amides is 1. The largest absolute Gasteiger partial charge is 0.396 e. The van der Waals surface area contributed by atoms with Crippen molar-refractivity contribution < 1.29 is 4.79 Å². The number of carbonyl (C=O) groups is 1. The Morgan fingerprint density at radius 3 is 2.62 bits per heavy atom. The van der Waals surface area contributed by atoms with Crippen molar-refractivity contribution in [2.24, 2.45) is 5.92 Å². The molecule has 1 aromatic rings. The minimum Gasteiger partial charge on any atom is -0.396 e. The molecule has 0 bridgehead atoms. The van der Waals surface area contributed by atoms with Gasteiger partial charge in [0.05, 0.1) is 24.0 Å². The van der Waals surface area contributed by atoms with Crippen LogP contribution in [-0.4, -0.2) is 36.5 Å². The third kappa shape index (κ3) is 3.08. The van der Waals surface area contributed by atoms with Crippen LogP contribution >= 0.6 is 0 Å². The summed E-state index contributed by atoms with van der Waals surface area (Å²) in [5, 5.41) is 2.60. The summed E-state index contributed by atoms with van der Waals surface area (Å²) < 4.78 is 0. The molecule has 0 aliphatic carbocycles. The van der Waals surface area contributed by atoms with Crippen LogP contribution in [0.1, 0.15) is 6.92 Å². The van der Waals surface area contributed by atoms with Crippen molar-refractivity contribution in [3.8, 4) is 0 Å². The third-order valence-electron chi connectivity index (χ3n) is 2.24. The Bertz CT molecular complexity index is 351. The molecule has 3 N–H and O–H groups in total. The molecule has 6 heteroatoms. The molecule has 6 nitrogen and oxygen atoms in total. The van der Waals surface area contributed by atoms with Gasteiger partial charge in [0.15, 0.2) is 0 Å². The van der Waals surface area contributed by atoms with Crippen LogP contribution in [0.4, 0.5) is 11.6 Å². The van der Waals surface area contributed by atoms with E-state index in [4.69, 9.17) is 5.73 Å². The molecule has 1 atom stereocenters. The standard InChI is InChI=1S/C10H17N5O/c1-7(9(16)12-2)6-15(3)10-13-4-8(11)5-14-10/h4-5,7H,6,11H2,1-3H3,(H,12,16). The molecule has 0 spiro atoms. The summed E-state index contributed by atoms with van der Waals surface area (Å²) in [6.07, 6.45) is 3.09. The van der Waals surface area contributed by atoms with Crippen LogP contribution in [0.25, 0.3) is 0 Å². The molecule has 1 rings (SSSR count). The second-order valence-electron chi connectivity index (χ2n) is 3.71. The maximum absolute atomic E-state index is 11.3. The van der Waals surface area contributed by atoms with Gasteiger partial charge in [-0.3, -0.25) is 4.79 Å². The van der Waals surface area contributed by atoms with Crippen molar-refractivity contribution in [2.75, 3.05) is 31.3 Å². The summed E-state index contributed by atoms with van der Waals surface area (Å²) in [7, 11) is 3.46. The van der Waals surface area contributed by atoms with Gasteiger partial charge in [0.25, 0.3) is 0 Å². The SMILES string of the molecule is CNC(=O)C(C)CN(C)c1ncc(N)cn1. The fourth-order valence-electron chi connectivity index (χ4n) is 1.35. The van der Waals surface area contributed by atoms with Gasteiger partial charge >= 0.3 is 0 Å². The van der Waals surface area contributed by atoms with Gasteiger partial charge in [0, 0.05) is 20.6 Å². The number of anilines is 2. The molecule has 0 aliphatic heterocycles. The monoisotopic (exact) mass is 223 g/mol. The van der Waals surface area contributed by atoms with E-state index in [1.807, 2.05) is 18.9 Å². The van der Waals surface area contributed by atoms with Crippen LogP contribution in [0.15, 0.2) is 12.4 Å². The van der Waals surface area contributed by atoms with Gasteiger partial charge in [0.1, 0.15) is 0 Å². The first-order valence-corrected chi connectivity index (χ1v) is 5.05. The van der Waals surface area contributed by atoms with E-state index in [0.29, 0.717) is 18.2 Å². The molecule has 1 amide bonds. The Kier molecular flexibility index (Phi) is 4.04. The highest BCUT2D eigenvalue weighted by molar-refractivity contribution is 5.78. The second kappa shape index (κ2) is 5.29. The van der Waals surface area contributed by atoms with E-state index in [-0.39, 0.29) is 11.8 Å². The first-order chi connectivity index (χ1) is 7.54. The second-order valence-corrected chi connectivity index (χ2v) is 3.71. The molecule has 16 heavy (non-hydrogen) atoms. The number of hydrogen-bond acceptors (Lipinski definition) is 5. The fraction of sp³-hybridized carbons (Fsp3) is 0.500. The Morgan fingerprint density at radius 1 is 1.56 bits per heavy atom. The average Bonchev–Trinajstić information content (AvgIpc) is 2.28. The van der Waals surface area contributed by atoms with Gasteiger partial charge in [-0.1, -0.05) is 6.92 Å². The van der Waals surface area contributed by atoms with Crippen LogP contribution < -0.4 is 16.0 Å². The van der Waals surface area contributed by atoms with Crippen molar-refractivity contribution in [2.45, 2.75) is 6.92 Å². The number of nitrogens with zero attached hydrogens (tertiary/aromatic N) is 3. The Labute approximate surface area is 94.9 Å². The van der Waals surface area contributed by atoms with Crippen LogP contribution in [0, 0.1) is 5.92 Å². The number of rotatable bonds is 4. The molecule has 0 saturated carbocycles. The van der Waals surface area contributed by atoms with Crippen LogP contribution in [0.2, 0.25) is 0 Å². The highest BCUT2D eigenvalue weighted by Crippen LogP contribution is 2.08. The highest BCUT2D eigenvalue weighted by Gasteiger charge is 2.14. The predicted molar refractivity (Wildman–Crippen MR) is 62.9 cm³/mol. The van der Waals surface area contributed by atoms with E-state index >= 15 is 0 Å². The third-order valence-corrected chi connectivity index (χ3v) is 2.24. The maximum Gasteiger partial charge on any atom is 0.225 e. The predicted octanol–water partition coefficient (Wildman–Crippen LogP) is -0.123. The topological polar surface area (TPSA) is 84.1 Å². The van der Waals surface area contributed by atoms with E-state index in [0.717, 1.165) is 0 Å². The fourth-order valence-corrected chi connectivity index (χ4v) is 1.35. The summed E-state index contributed by atoms with van der Waals surface area (Å²) >= 11 is 0. The summed E-state index contributed by atoms with van der Waals surface area (Å²) in [5.41, 5.74) is 6.01. The molecule has 0 radical (unpaired) electrons. The van der Waals surface area contributed by atoms with Crippen molar-refractivity contribution in [3.05, 3.63) is 12.4 Å². The molecule has 0 aromatic carbocycles. The molecule has 88 valence electrons. The highest BCUT2D eigenvalue weighted by atomic mass is 16.1. The lowest BCUT2D eigenvalue weighted by Gasteiger charge is -2.20. The zero-order valence-electron chi connectivity index (χ0n) is 9.77. The van der Waals surface area contributed by atoms with Gasteiger partial charge in [-0.2, -0.15) is 0 Å². The number of nitrogens with two attached hydrogens (primary N) is 1. The maximum atomic E-state index is 11.3. The summed E-state index contributed by atoms with van der Waals surface area (Å²) in [5.74, 6) is 0.448. The van der Waals surface area contributed by atoms with Crippen LogP contribution in [0.3, 0.4) is 0 Å². The van der Waals surface area contributed by atoms with Gasteiger partial charge in [-0.25, -0.2) is 9.97 Å². The average molecular weight is 223 g/mol. The molecular formula is C10H17N5O. The summed E-state index contributed by atoms with van der Waals surface area (Å²) in [6, 6.07) is 0. The molecule has 1 unspecified atom stereocenters. The number of aromatic nitrogens is 2. The quantitative estimate of drug-likeness (QED) is 0.743. The van der Waals surface area contributed by atoms with Crippen molar-refractivity contribution in [1.82, 2.24) is 15.3 Å². The lowest BCUT2D eigenvalue weighted by Crippen LogP contribution is -2.35. The van der Waals surface area contributed by atoms with Gasteiger partial charge in [-0.05, 0) is 0 Å². The molecule has 0 saturated heterocycles. The van der Waals surface area contributed by atoms with E-state index in [1.165, 1.54) is 0 Å². The molecule has 0 fully saturated rings. The van der Waals surface area contributed by atoms with Crippen molar-refractivity contribution in [3.63, 3.8) is 0 Å². The van der Waals surface area contributed by atoms with Gasteiger partial charge < -0.3 is 16.0 Å². The summed E-state index contributed by atoms with van der Waals surface area (Å²) in [6.45, 7) is 2.41. The molecule has 0 aliphatic rings. The minimum absolute atomic E-state index is 0.00213. The van der Waals surface area contributed by atoms with E-state index < -0.39 is 0 Å². The lowest BCUT2D eigenvalue weighted by molar-refractivity contribution is -0.123. The molecule has 1 heterocycles. The number of carbonyl (C=O) groups excluding carboxylic acids is 1. The van der Waals surface area contributed by atoms with Crippen molar-refractivity contribution in [1.29, 1.82) is 0 Å². The Hall–Kier alpha value is -1.85. The zero-order valence-corrected chi connectivity index (χ0v) is 9.77. The Morgan fingerprint density at radius 2 is 2.12 bits per heavy atom. The van der Waals surface area contributed by atoms with E-state index in [9.17, 15) is 4.79 Å². The van der Waals surface area contributed by atoms with Crippen molar-refractivity contribution >= 4 is 17.5 Å². The smallest absolute Gasteiger partial charge is 0.225 e. The minimum atomic E-state index is -0.115. The number of nitrogen functional groups attached to an aromatic ring is 1. The van der Waals surface area contributed by atoms with Gasteiger partial charge in [0.2, 0.25) is 11.9 Å². The van der Waals surface area contributed by atoms with E-state index in [1.54, 1.807) is 19.4 Å². The van der Waals surface area contributed by atoms with E-state index in [2.05, 4.69) is 15.3 Å².